The summed E-state index contributed by atoms with van der Waals surface area (Å²) in [6.45, 7) is 4.22. The van der Waals surface area contributed by atoms with Crippen molar-refractivity contribution in [3.63, 3.8) is 0 Å². The molecule has 3 aromatic heterocycles. The zero-order valence-corrected chi connectivity index (χ0v) is 34.3. The topological polar surface area (TPSA) is 26.2 Å². The molecule has 0 aliphatic carbocycles. The highest BCUT2D eigenvalue weighted by atomic mass is 16.3. The second-order valence-electron chi connectivity index (χ2n) is 16.6. The number of benzene rings is 9. The maximum atomic E-state index is 6.44. The molecule has 0 saturated heterocycles. The van der Waals surface area contributed by atoms with E-state index >= 15 is 0 Å². The Kier molecular flexibility index (Phi) is 7.40. The molecule has 4 heterocycles. The van der Waals surface area contributed by atoms with Crippen LogP contribution in [0.2, 0.25) is 0 Å². The van der Waals surface area contributed by atoms with Crippen molar-refractivity contribution in [1.29, 1.82) is 0 Å². The molecule has 292 valence electrons. The van der Waals surface area contributed by atoms with Crippen LogP contribution >= 0.6 is 0 Å². The predicted molar refractivity (Wildman–Crippen MR) is 259 cm³/mol. The number of furan rings is 1. The van der Waals surface area contributed by atoms with Crippen LogP contribution in [0.1, 0.15) is 11.3 Å². The van der Waals surface area contributed by atoms with E-state index in [1.165, 1.54) is 77.0 Å². The van der Waals surface area contributed by atoms with E-state index in [1.54, 1.807) is 0 Å². The fourth-order valence-electron chi connectivity index (χ4n) is 10.2. The Balaban J connectivity index is 1.06. The van der Waals surface area contributed by atoms with E-state index in [2.05, 4.69) is 228 Å². The fraction of sp³-hybridized carbons (Fsp3) is 0.0345. The van der Waals surface area contributed by atoms with Gasteiger partial charge in [0.25, 0.3) is 0 Å². The van der Waals surface area contributed by atoms with Crippen LogP contribution in [0.25, 0.3) is 99.3 Å². The molecule has 0 atom stereocenters. The van der Waals surface area contributed by atoms with Crippen LogP contribution in [0, 0.1) is 13.8 Å². The lowest BCUT2D eigenvalue weighted by Gasteiger charge is -2.27. The molecule has 4 heteroatoms. The first kappa shape index (κ1) is 34.8. The van der Waals surface area contributed by atoms with Crippen LogP contribution in [0.3, 0.4) is 0 Å². The quantitative estimate of drug-likeness (QED) is 0.177. The van der Waals surface area contributed by atoms with Gasteiger partial charge in [-0.2, -0.15) is 0 Å². The van der Waals surface area contributed by atoms with E-state index in [0.29, 0.717) is 0 Å². The second-order valence-corrected chi connectivity index (χ2v) is 16.6. The Labute approximate surface area is 358 Å². The molecule has 62 heavy (non-hydrogen) atoms. The molecule has 12 aromatic rings. The molecule has 0 fully saturated rings. The van der Waals surface area contributed by atoms with Gasteiger partial charge in [-0.1, -0.05) is 109 Å². The molecule has 0 saturated carbocycles. The molecular formula is C58H39N3O. The van der Waals surface area contributed by atoms with Gasteiger partial charge in [0.1, 0.15) is 11.3 Å². The van der Waals surface area contributed by atoms with Gasteiger partial charge in [-0.25, -0.2) is 0 Å². The first-order valence-corrected chi connectivity index (χ1v) is 21.3. The minimum atomic E-state index is 0.899. The van der Waals surface area contributed by atoms with E-state index in [-0.39, 0.29) is 0 Å². The maximum Gasteiger partial charge on any atom is 0.136 e. The summed E-state index contributed by atoms with van der Waals surface area (Å²) in [5.74, 6) is 0.951. The molecule has 0 amide bonds. The summed E-state index contributed by atoms with van der Waals surface area (Å²) in [6.07, 6.45) is 0. The molecule has 4 nitrogen and oxygen atoms in total. The highest BCUT2D eigenvalue weighted by Crippen LogP contribution is 2.53. The van der Waals surface area contributed by atoms with E-state index in [4.69, 9.17) is 4.42 Å². The van der Waals surface area contributed by atoms with Gasteiger partial charge < -0.3 is 18.5 Å². The van der Waals surface area contributed by atoms with Gasteiger partial charge in [0.05, 0.1) is 33.4 Å². The number of para-hydroxylation sites is 4. The SMILES string of the molecule is Cc1oc2cc3c(cc2c1C)-c1ccccc1-c1ccccc1N3c1ccc2c(c1)c1cc(-c3ccc4c(c3)c3ccccc3n4-c3ccccc3)ccc1n2-c1ccccc1. The summed E-state index contributed by atoms with van der Waals surface area (Å²) in [5, 5.41) is 6.04. The van der Waals surface area contributed by atoms with Crippen LogP contribution in [0.4, 0.5) is 17.1 Å². The Morgan fingerprint density at radius 1 is 0.339 bits per heavy atom. The van der Waals surface area contributed by atoms with Gasteiger partial charge in [-0.15, -0.1) is 0 Å². The summed E-state index contributed by atoms with van der Waals surface area (Å²) >= 11 is 0. The standard InChI is InChI=1S/C58H39N3O/c1-36-37(2)62-58-35-57-51(34-47(36)58)44-20-10-9-19-43(44)45-21-11-13-23-52(45)61(57)42-27-30-56-50(33-42)49-32-39(26-29-55(49)60(56)41-17-7-4-8-18-41)38-25-28-54-48(31-38)46-22-12-14-24-53(46)59(54)40-15-5-3-6-16-40/h3-35H,1-2H3. The number of hydrogen-bond donors (Lipinski definition) is 0. The van der Waals surface area contributed by atoms with Crippen LogP contribution < -0.4 is 4.90 Å². The molecule has 0 bridgehead atoms. The molecule has 0 N–H and O–H groups in total. The van der Waals surface area contributed by atoms with Crippen LogP contribution in [0.15, 0.2) is 205 Å². The zero-order chi connectivity index (χ0) is 41.1. The van der Waals surface area contributed by atoms with Gasteiger partial charge >= 0.3 is 0 Å². The summed E-state index contributed by atoms with van der Waals surface area (Å²) < 4.78 is 11.2. The maximum absolute atomic E-state index is 6.44. The monoisotopic (exact) mass is 793 g/mol. The predicted octanol–water partition coefficient (Wildman–Crippen LogP) is 16.0. The van der Waals surface area contributed by atoms with Crippen LogP contribution in [0.5, 0.6) is 0 Å². The van der Waals surface area contributed by atoms with Gasteiger partial charge in [0.15, 0.2) is 0 Å². The van der Waals surface area contributed by atoms with Crippen molar-refractivity contribution in [1.82, 2.24) is 9.13 Å². The van der Waals surface area contributed by atoms with Gasteiger partial charge in [-0.05, 0) is 127 Å². The number of hydrogen-bond acceptors (Lipinski definition) is 2. The van der Waals surface area contributed by atoms with Crippen LogP contribution in [-0.2, 0) is 0 Å². The molecule has 9 aromatic carbocycles. The number of nitrogens with zero attached hydrogens (tertiary/aromatic N) is 3. The fourth-order valence-corrected chi connectivity index (χ4v) is 10.2. The summed E-state index contributed by atoms with van der Waals surface area (Å²) in [6, 6.07) is 73.3. The minimum absolute atomic E-state index is 0.899. The molecular weight excluding hydrogens is 755 g/mol. The molecule has 0 unspecified atom stereocenters. The summed E-state index contributed by atoms with van der Waals surface area (Å²) in [5.41, 5.74) is 19.6. The van der Waals surface area contributed by atoms with Crippen molar-refractivity contribution < 1.29 is 4.42 Å². The summed E-state index contributed by atoms with van der Waals surface area (Å²) in [4.78, 5) is 2.45. The normalized spacial score (nSPS) is 12.3. The Bertz CT molecular complexity index is 3770. The van der Waals surface area contributed by atoms with E-state index in [1.807, 2.05) is 0 Å². The number of aryl methyl sites for hydroxylation is 2. The lowest BCUT2D eigenvalue weighted by molar-refractivity contribution is 0.575. The molecule has 13 rings (SSSR count). The van der Waals surface area contributed by atoms with Crippen molar-refractivity contribution >= 4 is 71.6 Å². The zero-order valence-electron chi connectivity index (χ0n) is 34.3. The highest BCUT2D eigenvalue weighted by molar-refractivity contribution is 6.14. The minimum Gasteiger partial charge on any atom is -0.461 e. The van der Waals surface area contributed by atoms with E-state index < -0.39 is 0 Å². The Morgan fingerprint density at radius 2 is 0.855 bits per heavy atom. The van der Waals surface area contributed by atoms with Crippen molar-refractivity contribution in [3.8, 4) is 44.8 Å². The number of fused-ring (bicyclic) bond motifs is 12. The largest absolute Gasteiger partial charge is 0.461 e. The van der Waals surface area contributed by atoms with Crippen molar-refractivity contribution in [2.75, 3.05) is 4.90 Å². The van der Waals surface area contributed by atoms with Crippen molar-refractivity contribution in [2.24, 2.45) is 0 Å². The summed E-state index contributed by atoms with van der Waals surface area (Å²) in [7, 11) is 0. The Hall–Kier alpha value is -8.08. The van der Waals surface area contributed by atoms with Crippen LogP contribution in [-0.4, -0.2) is 9.13 Å². The van der Waals surface area contributed by atoms with Crippen molar-refractivity contribution in [3.05, 3.63) is 212 Å². The lowest BCUT2D eigenvalue weighted by Crippen LogP contribution is -2.11. The first-order valence-electron chi connectivity index (χ1n) is 21.3. The second kappa shape index (κ2) is 13.2. The third-order valence-electron chi connectivity index (χ3n) is 13.2. The molecule has 1 aliphatic heterocycles. The van der Waals surface area contributed by atoms with E-state index in [9.17, 15) is 0 Å². The van der Waals surface area contributed by atoms with Gasteiger partial charge in [0, 0.05) is 61.2 Å². The molecule has 0 radical (unpaired) electrons. The number of anilines is 3. The number of rotatable bonds is 4. The van der Waals surface area contributed by atoms with Gasteiger partial charge in [0.2, 0.25) is 0 Å². The third-order valence-corrected chi connectivity index (χ3v) is 13.2. The average molecular weight is 794 g/mol. The lowest BCUT2D eigenvalue weighted by atomic mass is 9.94. The third kappa shape index (κ3) is 5.01. The molecule has 1 aliphatic rings. The number of aromatic nitrogens is 2. The van der Waals surface area contributed by atoms with Crippen molar-refractivity contribution in [2.45, 2.75) is 13.8 Å². The van der Waals surface area contributed by atoms with Gasteiger partial charge in [-0.3, -0.25) is 0 Å². The molecule has 0 spiro atoms. The Morgan fingerprint density at radius 3 is 1.53 bits per heavy atom. The first-order chi connectivity index (χ1) is 30.6. The average Bonchev–Trinajstić information content (AvgIpc) is 3.91. The van der Waals surface area contributed by atoms with E-state index in [0.717, 1.165) is 50.7 Å². The smallest absolute Gasteiger partial charge is 0.136 e. The highest BCUT2D eigenvalue weighted by Gasteiger charge is 2.28.